The van der Waals surface area contributed by atoms with Crippen molar-refractivity contribution in [3.63, 3.8) is 0 Å². The van der Waals surface area contributed by atoms with Crippen LogP contribution in [-0.2, 0) is 0 Å². The highest BCUT2D eigenvalue weighted by atomic mass is 35.5. The van der Waals surface area contributed by atoms with Gasteiger partial charge in [-0.1, -0.05) is 35.7 Å². The molecule has 1 fully saturated rings. The molecule has 1 aliphatic rings. The van der Waals surface area contributed by atoms with Crippen LogP contribution in [0, 0.1) is 5.41 Å². The first kappa shape index (κ1) is 12.2. The highest BCUT2D eigenvalue weighted by molar-refractivity contribution is 6.42. The lowest BCUT2D eigenvalue weighted by Gasteiger charge is -2.45. The van der Waals surface area contributed by atoms with Crippen LogP contribution in [0.4, 0.5) is 0 Å². The van der Waals surface area contributed by atoms with E-state index in [1.54, 1.807) is 6.07 Å². The molecule has 1 saturated carbocycles. The van der Waals surface area contributed by atoms with Crippen LogP contribution in [0.25, 0.3) is 0 Å². The smallest absolute Gasteiger partial charge is 0.0595 e. The van der Waals surface area contributed by atoms with Crippen LogP contribution in [0.15, 0.2) is 18.2 Å². The minimum absolute atomic E-state index is 0.0407. The highest BCUT2D eigenvalue weighted by Gasteiger charge is 2.41. The zero-order valence-electron chi connectivity index (χ0n) is 9.05. The Balaban J connectivity index is 2.26. The van der Waals surface area contributed by atoms with Gasteiger partial charge in [-0.05, 0) is 37.1 Å². The fraction of sp³-hybridized carbons (Fsp3) is 0.500. The van der Waals surface area contributed by atoms with Crippen LogP contribution in [0.2, 0.25) is 10.0 Å². The van der Waals surface area contributed by atoms with E-state index in [0.717, 1.165) is 18.4 Å². The molecule has 4 N–H and O–H groups in total. The van der Waals surface area contributed by atoms with Crippen molar-refractivity contribution in [1.82, 2.24) is 0 Å². The van der Waals surface area contributed by atoms with Crippen LogP contribution in [0.3, 0.4) is 0 Å². The standard InChI is InChI=1S/C12H16Cl2N2/c13-9-3-2-8(6-10(9)14)11(16)12(7-15)4-1-5-12/h2-3,6,11H,1,4-5,7,15-16H2. The third kappa shape index (κ3) is 1.95. The summed E-state index contributed by atoms with van der Waals surface area (Å²) >= 11 is 11.9. The van der Waals surface area contributed by atoms with E-state index in [-0.39, 0.29) is 11.5 Å². The molecule has 1 aromatic carbocycles. The van der Waals surface area contributed by atoms with Gasteiger partial charge in [0.15, 0.2) is 0 Å². The van der Waals surface area contributed by atoms with Crippen LogP contribution >= 0.6 is 23.2 Å². The maximum Gasteiger partial charge on any atom is 0.0595 e. The van der Waals surface area contributed by atoms with E-state index >= 15 is 0 Å². The van der Waals surface area contributed by atoms with Crippen molar-refractivity contribution in [2.75, 3.05) is 6.54 Å². The number of hydrogen-bond acceptors (Lipinski definition) is 2. The van der Waals surface area contributed by atoms with Crippen molar-refractivity contribution in [3.05, 3.63) is 33.8 Å². The van der Waals surface area contributed by atoms with E-state index in [2.05, 4.69) is 0 Å². The van der Waals surface area contributed by atoms with E-state index in [4.69, 9.17) is 34.7 Å². The van der Waals surface area contributed by atoms with Gasteiger partial charge in [-0.15, -0.1) is 0 Å². The summed E-state index contributed by atoms with van der Waals surface area (Å²) in [6.07, 6.45) is 3.42. The predicted octanol–water partition coefficient (Wildman–Crippen LogP) is 3.12. The van der Waals surface area contributed by atoms with Crippen molar-refractivity contribution < 1.29 is 0 Å². The average molecular weight is 259 g/mol. The second-order valence-electron chi connectivity index (χ2n) is 4.57. The third-order valence-electron chi connectivity index (χ3n) is 3.72. The maximum absolute atomic E-state index is 6.28. The molecule has 1 aliphatic carbocycles. The number of halogens is 2. The molecule has 0 heterocycles. The van der Waals surface area contributed by atoms with E-state index in [1.165, 1.54) is 6.42 Å². The lowest BCUT2D eigenvalue weighted by Crippen LogP contribution is -2.46. The Kier molecular flexibility index (Phi) is 3.45. The topological polar surface area (TPSA) is 52.0 Å². The molecule has 88 valence electrons. The fourth-order valence-corrected chi connectivity index (χ4v) is 2.64. The average Bonchev–Trinajstić information content (AvgIpc) is 2.21. The molecular weight excluding hydrogens is 243 g/mol. The van der Waals surface area contributed by atoms with Crippen LogP contribution in [0.5, 0.6) is 0 Å². The number of nitrogens with two attached hydrogens (primary N) is 2. The molecule has 1 atom stereocenters. The molecule has 0 bridgehead atoms. The monoisotopic (exact) mass is 258 g/mol. The van der Waals surface area contributed by atoms with Gasteiger partial charge in [0.25, 0.3) is 0 Å². The van der Waals surface area contributed by atoms with Crippen molar-refractivity contribution >= 4 is 23.2 Å². The Hall–Kier alpha value is -0.280. The molecule has 1 aromatic rings. The number of rotatable bonds is 3. The van der Waals surface area contributed by atoms with E-state index < -0.39 is 0 Å². The second-order valence-corrected chi connectivity index (χ2v) is 5.39. The van der Waals surface area contributed by atoms with Gasteiger partial charge in [0.1, 0.15) is 0 Å². The molecule has 16 heavy (non-hydrogen) atoms. The molecule has 2 rings (SSSR count). The first-order valence-electron chi connectivity index (χ1n) is 5.50. The molecule has 0 saturated heterocycles. The van der Waals surface area contributed by atoms with Gasteiger partial charge in [-0.25, -0.2) is 0 Å². The Morgan fingerprint density at radius 3 is 2.38 bits per heavy atom. The third-order valence-corrected chi connectivity index (χ3v) is 4.46. The van der Waals surface area contributed by atoms with E-state index in [9.17, 15) is 0 Å². The van der Waals surface area contributed by atoms with Crippen LogP contribution in [0.1, 0.15) is 30.9 Å². The summed E-state index contributed by atoms with van der Waals surface area (Å²) in [6, 6.07) is 5.54. The summed E-state index contributed by atoms with van der Waals surface area (Å²) in [7, 11) is 0. The Labute approximate surface area is 106 Å². The molecule has 0 radical (unpaired) electrons. The summed E-state index contributed by atoms with van der Waals surface area (Å²) in [5.74, 6) is 0. The van der Waals surface area contributed by atoms with Gasteiger partial charge >= 0.3 is 0 Å². The summed E-state index contributed by atoms with van der Waals surface area (Å²) in [5, 5.41) is 1.12. The summed E-state index contributed by atoms with van der Waals surface area (Å²) < 4.78 is 0. The Morgan fingerprint density at radius 2 is 1.94 bits per heavy atom. The van der Waals surface area contributed by atoms with Crippen molar-refractivity contribution in [2.45, 2.75) is 25.3 Å². The molecule has 2 nitrogen and oxygen atoms in total. The fourth-order valence-electron chi connectivity index (χ4n) is 2.33. The lowest BCUT2D eigenvalue weighted by atomic mass is 9.63. The SMILES string of the molecule is NCC1(C(N)c2ccc(Cl)c(Cl)c2)CCC1. The first-order valence-corrected chi connectivity index (χ1v) is 6.25. The summed E-state index contributed by atoms with van der Waals surface area (Å²) in [4.78, 5) is 0. The van der Waals surface area contributed by atoms with Gasteiger partial charge in [0.2, 0.25) is 0 Å². The quantitative estimate of drug-likeness (QED) is 0.876. The number of benzene rings is 1. The minimum atomic E-state index is -0.0407. The minimum Gasteiger partial charge on any atom is -0.330 e. The van der Waals surface area contributed by atoms with Gasteiger partial charge in [0, 0.05) is 11.5 Å². The van der Waals surface area contributed by atoms with Crippen molar-refractivity contribution in [1.29, 1.82) is 0 Å². The lowest BCUT2D eigenvalue weighted by molar-refractivity contribution is 0.105. The molecule has 0 amide bonds. The predicted molar refractivity (Wildman–Crippen MR) is 68.7 cm³/mol. The van der Waals surface area contributed by atoms with E-state index in [1.807, 2.05) is 12.1 Å². The molecule has 4 heteroatoms. The largest absolute Gasteiger partial charge is 0.330 e. The highest BCUT2D eigenvalue weighted by Crippen LogP contribution is 2.48. The van der Waals surface area contributed by atoms with Crippen LogP contribution < -0.4 is 11.5 Å². The molecule has 0 spiro atoms. The maximum atomic E-state index is 6.28. The van der Waals surface area contributed by atoms with Gasteiger partial charge < -0.3 is 11.5 Å². The molecule has 1 unspecified atom stereocenters. The molecule has 0 aliphatic heterocycles. The normalized spacial score (nSPS) is 20.2. The molecular formula is C12H16Cl2N2. The van der Waals surface area contributed by atoms with Gasteiger partial charge in [0.05, 0.1) is 10.0 Å². The Morgan fingerprint density at radius 1 is 1.25 bits per heavy atom. The second kappa shape index (κ2) is 4.53. The van der Waals surface area contributed by atoms with Gasteiger partial charge in [-0.2, -0.15) is 0 Å². The summed E-state index contributed by atoms with van der Waals surface area (Å²) in [6.45, 7) is 0.633. The zero-order valence-corrected chi connectivity index (χ0v) is 10.6. The Bertz CT molecular complexity index is 383. The van der Waals surface area contributed by atoms with Gasteiger partial charge in [-0.3, -0.25) is 0 Å². The molecule has 0 aromatic heterocycles. The van der Waals surface area contributed by atoms with E-state index in [0.29, 0.717) is 16.6 Å². The van der Waals surface area contributed by atoms with Crippen LogP contribution in [-0.4, -0.2) is 6.54 Å². The summed E-state index contributed by atoms with van der Waals surface area (Å²) in [5.41, 5.74) is 13.2. The zero-order chi connectivity index (χ0) is 11.8. The van der Waals surface area contributed by atoms with Crippen molar-refractivity contribution in [3.8, 4) is 0 Å². The van der Waals surface area contributed by atoms with Crippen molar-refractivity contribution in [2.24, 2.45) is 16.9 Å². The number of hydrogen-bond donors (Lipinski definition) is 2. The first-order chi connectivity index (χ1) is 7.59.